The van der Waals surface area contributed by atoms with E-state index >= 15 is 0 Å². The van der Waals surface area contributed by atoms with Gasteiger partial charge in [-0.2, -0.15) is 0 Å². The lowest BCUT2D eigenvalue weighted by atomic mass is 10.1. The van der Waals surface area contributed by atoms with Gasteiger partial charge >= 0.3 is 12.3 Å². The smallest absolute Gasteiger partial charge is 0.481 e. The van der Waals surface area contributed by atoms with E-state index in [0.29, 0.717) is 12.8 Å². The number of ether oxygens (including phenoxy) is 1. The largest absolute Gasteiger partial charge is 0.522 e. The molecule has 0 amide bonds. The quantitative estimate of drug-likeness (QED) is 0.764. The lowest BCUT2D eigenvalue weighted by Gasteiger charge is -2.12. The molecule has 17 heavy (non-hydrogen) atoms. The third-order valence-corrected chi connectivity index (χ3v) is 4.08. The number of rotatable bonds is 7. The highest BCUT2D eigenvalue weighted by atomic mass is 32.2. The van der Waals surface area contributed by atoms with Crippen molar-refractivity contribution in [2.45, 2.75) is 25.6 Å². The molecule has 1 saturated carbocycles. The number of carboxylic acid groups (broad SMARTS) is 1. The van der Waals surface area contributed by atoms with Crippen molar-refractivity contribution in [3.8, 4) is 0 Å². The van der Waals surface area contributed by atoms with E-state index in [0.717, 1.165) is 0 Å². The van der Waals surface area contributed by atoms with Gasteiger partial charge in [0.1, 0.15) is 0 Å². The number of hydrogen-bond donors (Lipinski definition) is 1. The molecule has 0 radical (unpaired) electrons. The molecule has 1 N–H and O–H groups in total. The topological polar surface area (TPSA) is 63.6 Å². The summed E-state index contributed by atoms with van der Waals surface area (Å²) in [4.78, 5) is 10.5. The van der Waals surface area contributed by atoms with E-state index in [1.54, 1.807) is 0 Å². The number of aliphatic carboxylic acids is 1. The van der Waals surface area contributed by atoms with Gasteiger partial charge in [0, 0.05) is 22.3 Å². The predicted molar refractivity (Wildman–Crippen MR) is 53.8 cm³/mol. The molecular weight excluding hydrogens is 261 g/mol. The summed E-state index contributed by atoms with van der Waals surface area (Å²) < 4.78 is 49.8. The van der Waals surface area contributed by atoms with E-state index in [1.807, 2.05) is 0 Å². The third kappa shape index (κ3) is 6.02. The number of hydrogen-bond acceptors (Lipinski definition) is 3. The van der Waals surface area contributed by atoms with E-state index in [1.165, 1.54) is 0 Å². The first-order valence-corrected chi connectivity index (χ1v) is 6.49. The molecule has 0 aromatic carbocycles. The molecule has 1 atom stereocenters. The first kappa shape index (κ1) is 14.4. The maximum Gasteiger partial charge on any atom is 0.522 e. The number of carboxylic acids is 1. The van der Waals surface area contributed by atoms with Crippen LogP contribution in [0.25, 0.3) is 0 Å². The average Bonchev–Trinajstić information content (AvgIpc) is 2.80. The van der Waals surface area contributed by atoms with E-state index in [2.05, 4.69) is 4.74 Å². The summed E-state index contributed by atoms with van der Waals surface area (Å²) in [6, 6.07) is 0. The van der Waals surface area contributed by atoms with Crippen LogP contribution >= 0.6 is 0 Å². The molecule has 1 rings (SSSR count). The Kier molecular flexibility index (Phi) is 4.54. The molecule has 0 bridgehead atoms. The second-order valence-electron chi connectivity index (χ2n) is 4.15. The zero-order chi connectivity index (χ0) is 13.1. The molecule has 0 aliphatic heterocycles. The van der Waals surface area contributed by atoms with Crippen LogP contribution in [0.15, 0.2) is 0 Å². The summed E-state index contributed by atoms with van der Waals surface area (Å²) in [5.74, 6) is -1.05. The minimum absolute atomic E-state index is 0.0706. The third-order valence-electron chi connectivity index (χ3n) is 2.53. The average molecular weight is 274 g/mol. The van der Waals surface area contributed by atoms with E-state index in [-0.39, 0.29) is 17.9 Å². The molecule has 0 saturated heterocycles. The lowest BCUT2D eigenvalue weighted by molar-refractivity contribution is -0.322. The Balaban J connectivity index is 2.24. The van der Waals surface area contributed by atoms with Crippen LogP contribution in [0, 0.1) is 5.41 Å². The Labute approximate surface area is 98.6 Å². The van der Waals surface area contributed by atoms with Gasteiger partial charge in [0.25, 0.3) is 0 Å². The van der Waals surface area contributed by atoms with Crippen molar-refractivity contribution >= 4 is 16.8 Å². The van der Waals surface area contributed by atoms with Crippen LogP contribution in [0.4, 0.5) is 13.2 Å². The normalized spacial score (nSPS) is 19.9. The van der Waals surface area contributed by atoms with Crippen LogP contribution in [0.3, 0.4) is 0 Å². The van der Waals surface area contributed by atoms with Gasteiger partial charge in [-0.3, -0.25) is 13.7 Å². The SMILES string of the molecule is O=C(O)CC1(CS(=O)CCOC(F)(F)F)CC1. The van der Waals surface area contributed by atoms with Gasteiger partial charge in [-0.15, -0.1) is 13.2 Å². The van der Waals surface area contributed by atoms with Gasteiger partial charge in [-0.25, -0.2) is 0 Å². The van der Waals surface area contributed by atoms with Crippen molar-refractivity contribution < 1.29 is 32.0 Å². The van der Waals surface area contributed by atoms with Crippen LogP contribution in [0.2, 0.25) is 0 Å². The van der Waals surface area contributed by atoms with Crippen LogP contribution in [-0.2, 0) is 20.3 Å². The summed E-state index contributed by atoms with van der Waals surface area (Å²) >= 11 is 0. The minimum atomic E-state index is -4.71. The second kappa shape index (κ2) is 5.34. The second-order valence-corrected chi connectivity index (χ2v) is 5.73. The summed E-state index contributed by atoms with van der Waals surface area (Å²) in [6.07, 6.45) is -3.43. The molecule has 0 aromatic heterocycles. The van der Waals surface area contributed by atoms with Gasteiger partial charge in [0.05, 0.1) is 13.0 Å². The Morgan fingerprint density at radius 2 is 2.00 bits per heavy atom. The van der Waals surface area contributed by atoms with Gasteiger partial charge in [0.15, 0.2) is 0 Å². The minimum Gasteiger partial charge on any atom is -0.481 e. The Morgan fingerprint density at radius 1 is 1.41 bits per heavy atom. The molecular formula is C9H13F3O4S. The molecule has 0 spiro atoms. The highest BCUT2D eigenvalue weighted by molar-refractivity contribution is 7.85. The van der Waals surface area contributed by atoms with Gasteiger partial charge in [-0.05, 0) is 18.3 Å². The first-order chi connectivity index (χ1) is 7.72. The summed E-state index contributed by atoms with van der Waals surface area (Å²) in [6.45, 7) is -0.654. The number of halogens is 3. The van der Waals surface area contributed by atoms with Crippen LogP contribution < -0.4 is 0 Å². The van der Waals surface area contributed by atoms with Gasteiger partial charge < -0.3 is 5.11 Å². The van der Waals surface area contributed by atoms with Crippen LogP contribution in [0.5, 0.6) is 0 Å². The molecule has 0 aromatic rings. The zero-order valence-corrected chi connectivity index (χ0v) is 9.77. The number of alkyl halides is 3. The molecule has 1 fully saturated rings. The van der Waals surface area contributed by atoms with E-state index in [9.17, 15) is 22.2 Å². The molecule has 1 aliphatic carbocycles. The molecule has 4 nitrogen and oxygen atoms in total. The molecule has 100 valence electrons. The number of carbonyl (C=O) groups is 1. The fraction of sp³-hybridized carbons (Fsp3) is 0.889. The summed E-state index contributed by atoms with van der Waals surface area (Å²) in [5.41, 5.74) is -0.463. The zero-order valence-electron chi connectivity index (χ0n) is 8.96. The summed E-state index contributed by atoms with van der Waals surface area (Å²) in [7, 11) is -1.47. The van der Waals surface area contributed by atoms with Gasteiger partial charge in [-0.1, -0.05) is 0 Å². The van der Waals surface area contributed by atoms with Crippen molar-refractivity contribution in [3.63, 3.8) is 0 Å². The Bertz CT molecular complexity index is 312. The molecule has 1 aliphatic rings. The van der Waals surface area contributed by atoms with Crippen molar-refractivity contribution in [3.05, 3.63) is 0 Å². The highest BCUT2D eigenvalue weighted by Gasteiger charge is 2.45. The van der Waals surface area contributed by atoms with Crippen LogP contribution in [0.1, 0.15) is 19.3 Å². The molecule has 8 heteroatoms. The monoisotopic (exact) mass is 274 g/mol. The Morgan fingerprint density at radius 3 is 2.41 bits per heavy atom. The lowest BCUT2D eigenvalue weighted by Crippen LogP contribution is -2.22. The maximum absolute atomic E-state index is 11.6. The van der Waals surface area contributed by atoms with Crippen molar-refractivity contribution in [2.75, 3.05) is 18.1 Å². The molecule has 1 unspecified atom stereocenters. The Hall–Kier alpha value is -0.630. The van der Waals surface area contributed by atoms with Gasteiger partial charge in [0.2, 0.25) is 0 Å². The highest BCUT2D eigenvalue weighted by Crippen LogP contribution is 2.49. The van der Waals surface area contributed by atoms with E-state index < -0.39 is 35.2 Å². The fourth-order valence-electron chi connectivity index (χ4n) is 1.53. The van der Waals surface area contributed by atoms with Crippen molar-refractivity contribution in [2.24, 2.45) is 5.41 Å². The van der Waals surface area contributed by atoms with Crippen molar-refractivity contribution in [1.82, 2.24) is 0 Å². The summed E-state index contributed by atoms with van der Waals surface area (Å²) in [5, 5.41) is 8.61. The molecule has 0 heterocycles. The first-order valence-electron chi connectivity index (χ1n) is 5.00. The maximum atomic E-state index is 11.6. The standard InChI is InChI=1S/C9H13F3O4S/c10-9(11,12)16-3-4-17(15)6-8(1-2-8)5-7(13)14/h1-6H2,(H,13,14). The van der Waals surface area contributed by atoms with Crippen LogP contribution in [-0.4, -0.2) is 39.8 Å². The van der Waals surface area contributed by atoms with E-state index in [4.69, 9.17) is 5.11 Å². The van der Waals surface area contributed by atoms with Crippen molar-refractivity contribution in [1.29, 1.82) is 0 Å². The fourth-order valence-corrected chi connectivity index (χ4v) is 3.02. The predicted octanol–water partition coefficient (Wildman–Crippen LogP) is 1.53.